The molecule has 52 heavy (non-hydrogen) atoms. The molecule has 0 saturated heterocycles. The highest BCUT2D eigenvalue weighted by molar-refractivity contribution is 5.72. The van der Waals surface area contributed by atoms with Crippen LogP contribution in [0, 0.1) is 0 Å². The fraction of sp³-hybridized carbons (Fsp3) is 0.841. The maximum absolute atomic E-state index is 12.7. The zero-order valence-electron chi connectivity index (χ0n) is 34.5. The smallest absolute Gasteiger partial charge is 0.362 e. The van der Waals surface area contributed by atoms with Crippen LogP contribution in [0.4, 0.5) is 0 Å². The third-order valence-electron chi connectivity index (χ3n) is 9.60. The van der Waals surface area contributed by atoms with Crippen molar-refractivity contribution in [2.75, 3.05) is 41.0 Å². The lowest BCUT2D eigenvalue weighted by Crippen LogP contribution is -2.50. The van der Waals surface area contributed by atoms with Gasteiger partial charge in [-0.15, -0.1) is 0 Å². The molecule has 2 unspecified atom stereocenters. The van der Waals surface area contributed by atoms with Crippen LogP contribution < -0.4 is 0 Å². The van der Waals surface area contributed by atoms with Crippen LogP contribution in [0.2, 0.25) is 0 Å². The van der Waals surface area contributed by atoms with E-state index in [0.717, 1.165) is 51.4 Å². The summed E-state index contributed by atoms with van der Waals surface area (Å²) in [6.45, 7) is 4.70. The first-order valence-corrected chi connectivity index (χ1v) is 21.4. The second-order valence-electron chi connectivity index (χ2n) is 15.6. The molecule has 0 bridgehead atoms. The van der Waals surface area contributed by atoms with Gasteiger partial charge in [-0.1, -0.05) is 147 Å². The van der Waals surface area contributed by atoms with Crippen molar-refractivity contribution >= 4 is 17.9 Å². The molecule has 0 heterocycles. The van der Waals surface area contributed by atoms with Crippen LogP contribution >= 0.6 is 0 Å². The lowest BCUT2D eigenvalue weighted by atomic mass is 10.1. The van der Waals surface area contributed by atoms with Gasteiger partial charge in [0.2, 0.25) is 0 Å². The minimum Gasteiger partial charge on any atom is -0.477 e. The lowest BCUT2D eigenvalue weighted by Gasteiger charge is -2.31. The molecular formula is C44H82NO7+. The molecule has 0 aromatic heterocycles. The van der Waals surface area contributed by atoms with E-state index in [0.29, 0.717) is 19.3 Å². The van der Waals surface area contributed by atoms with Crippen molar-refractivity contribution in [1.29, 1.82) is 0 Å². The Hall–Kier alpha value is -2.19. The van der Waals surface area contributed by atoms with E-state index in [2.05, 4.69) is 38.2 Å². The Balaban J connectivity index is 4.33. The number of hydrogen-bond donors (Lipinski definition) is 1. The fourth-order valence-corrected chi connectivity index (χ4v) is 6.24. The molecule has 8 nitrogen and oxygen atoms in total. The first-order chi connectivity index (χ1) is 25.1. The Morgan fingerprint density at radius 3 is 1.52 bits per heavy atom. The van der Waals surface area contributed by atoms with Gasteiger partial charge < -0.3 is 23.8 Å². The molecule has 0 aromatic carbocycles. The molecule has 0 aliphatic carbocycles. The Labute approximate surface area is 320 Å². The third-order valence-corrected chi connectivity index (χ3v) is 9.60. The van der Waals surface area contributed by atoms with Gasteiger partial charge in [-0.25, -0.2) is 4.79 Å². The van der Waals surface area contributed by atoms with Crippen LogP contribution in [0.25, 0.3) is 0 Å². The van der Waals surface area contributed by atoms with Crippen LogP contribution in [-0.2, 0) is 28.6 Å². The van der Waals surface area contributed by atoms with Crippen LogP contribution in [0.5, 0.6) is 0 Å². The molecule has 304 valence electrons. The number of ether oxygens (including phenoxy) is 3. The predicted octanol–water partition coefficient (Wildman–Crippen LogP) is 11.3. The van der Waals surface area contributed by atoms with Gasteiger partial charge in [0.05, 0.1) is 34.4 Å². The van der Waals surface area contributed by atoms with E-state index in [1.54, 1.807) is 0 Å². The number of quaternary nitrogens is 1. The molecule has 2 atom stereocenters. The number of hydrogen-bond acceptors (Lipinski definition) is 6. The topological polar surface area (TPSA) is 99.1 Å². The van der Waals surface area contributed by atoms with E-state index in [1.165, 1.54) is 103 Å². The molecule has 0 spiro atoms. The Morgan fingerprint density at radius 1 is 0.577 bits per heavy atom. The van der Waals surface area contributed by atoms with Crippen LogP contribution in [0.15, 0.2) is 24.3 Å². The monoisotopic (exact) mass is 737 g/mol. The molecule has 0 amide bonds. The molecule has 0 aromatic rings. The summed E-state index contributed by atoms with van der Waals surface area (Å²) < 4.78 is 17.2. The Kier molecular flexibility index (Phi) is 34.3. The van der Waals surface area contributed by atoms with E-state index >= 15 is 0 Å². The summed E-state index contributed by atoms with van der Waals surface area (Å²) in [6, 6.07) is -0.612. The minimum atomic E-state index is -0.875. The summed E-state index contributed by atoms with van der Waals surface area (Å²) in [6.07, 6.45) is 37.8. The zero-order valence-corrected chi connectivity index (χ0v) is 34.5. The fourth-order valence-electron chi connectivity index (χ4n) is 6.24. The maximum atomic E-state index is 12.7. The highest BCUT2D eigenvalue weighted by atomic mass is 16.6. The van der Waals surface area contributed by atoms with Crippen molar-refractivity contribution in [1.82, 2.24) is 0 Å². The number of carbonyl (C=O) groups is 3. The van der Waals surface area contributed by atoms with E-state index < -0.39 is 18.1 Å². The summed E-state index contributed by atoms with van der Waals surface area (Å²) in [5, 5.41) is 9.60. The highest BCUT2D eigenvalue weighted by Gasteiger charge is 2.31. The summed E-state index contributed by atoms with van der Waals surface area (Å²) >= 11 is 0. The number of unbranched alkanes of at least 4 members (excludes halogenated alkanes) is 20. The summed E-state index contributed by atoms with van der Waals surface area (Å²) in [5.41, 5.74) is 0. The van der Waals surface area contributed by atoms with E-state index in [4.69, 9.17) is 14.2 Å². The van der Waals surface area contributed by atoms with E-state index in [1.807, 2.05) is 21.1 Å². The molecule has 0 rings (SSSR count). The maximum Gasteiger partial charge on any atom is 0.362 e. The highest BCUT2D eigenvalue weighted by Crippen LogP contribution is 2.14. The molecule has 0 fully saturated rings. The lowest BCUT2D eigenvalue weighted by molar-refractivity contribution is -0.887. The molecule has 0 aliphatic heterocycles. The number of esters is 2. The molecule has 1 N–H and O–H groups in total. The van der Waals surface area contributed by atoms with Gasteiger partial charge in [0, 0.05) is 19.3 Å². The standard InChI is InChI=1S/C44H81NO7/c1-6-8-10-12-14-16-18-19-20-21-22-23-25-26-28-30-32-34-42(46)51-39-40(38-50-37-36-41(44(48)49)45(3,4)5)52-43(47)35-33-31-29-27-24-17-15-13-11-9-7-2/h14,16,19-20,40-41H,6-13,15,17-18,21-39H2,1-5H3/p+1/b16-14+,20-19+. The zero-order chi connectivity index (χ0) is 38.5. The number of rotatable bonds is 38. The third kappa shape index (κ3) is 33.6. The first-order valence-electron chi connectivity index (χ1n) is 21.4. The summed E-state index contributed by atoms with van der Waals surface area (Å²) in [5.74, 6) is -1.47. The quantitative estimate of drug-likeness (QED) is 0.0291. The van der Waals surface area contributed by atoms with Crippen molar-refractivity contribution in [3.63, 3.8) is 0 Å². The summed E-state index contributed by atoms with van der Waals surface area (Å²) in [7, 11) is 5.52. The molecular weight excluding hydrogens is 654 g/mol. The largest absolute Gasteiger partial charge is 0.477 e. The average Bonchev–Trinajstić information content (AvgIpc) is 3.09. The predicted molar refractivity (Wildman–Crippen MR) is 215 cm³/mol. The molecule has 0 saturated carbocycles. The van der Waals surface area contributed by atoms with Gasteiger partial charge >= 0.3 is 17.9 Å². The van der Waals surface area contributed by atoms with Gasteiger partial charge in [0.25, 0.3) is 0 Å². The Bertz CT molecular complexity index is 911. The van der Waals surface area contributed by atoms with E-state index in [-0.39, 0.29) is 36.2 Å². The van der Waals surface area contributed by atoms with Gasteiger partial charge in [-0.3, -0.25) is 9.59 Å². The number of carbonyl (C=O) groups excluding carboxylic acids is 2. The Morgan fingerprint density at radius 2 is 1.02 bits per heavy atom. The van der Waals surface area contributed by atoms with Gasteiger partial charge in [0.1, 0.15) is 6.61 Å². The van der Waals surface area contributed by atoms with Gasteiger partial charge in [-0.2, -0.15) is 0 Å². The second-order valence-corrected chi connectivity index (χ2v) is 15.6. The van der Waals surface area contributed by atoms with Crippen LogP contribution in [0.3, 0.4) is 0 Å². The number of carboxylic acids is 1. The minimum absolute atomic E-state index is 0.0514. The van der Waals surface area contributed by atoms with E-state index in [9.17, 15) is 19.5 Å². The molecule has 8 heteroatoms. The normalized spacial score (nSPS) is 13.2. The number of aliphatic carboxylic acids is 1. The average molecular weight is 737 g/mol. The van der Waals surface area contributed by atoms with Gasteiger partial charge in [0.15, 0.2) is 12.1 Å². The molecule has 0 radical (unpaired) electrons. The number of carboxylic acid groups (broad SMARTS) is 1. The van der Waals surface area contributed by atoms with Crippen molar-refractivity contribution in [3.05, 3.63) is 24.3 Å². The first kappa shape index (κ1) is 49.8. The molecule has 0 aliphatic rings. The number of likely N-dealkylation sites (N-methyl/N-ethyl adjacent to an activating group) is 1. The number of allylic oxidation sites excluding steroid dienone is 4. The SMILES string of the molecule is CCCCC/C=C/C/C=C/CCCCCCCCCC(=O)OCC(COCCC(C(=O)O)[N+](C)(C)C)OC(=O)CCCCCCCCCCCCC. The van der Waals surface area contributed by atoms with Gasteiger partial charge in [-0.05, 0) is 44.9 Å². The summed E-state index contributed by atoms with van der Waals surface area (Å²) in [4.78, 5) is 36.9. The second kappa shape index (κ2) is 35.8. The van der Waals surface area contributed by atoms with Crippen molar-refractivity contribution < 1.29 is 38.2 Å². The van der Waals surface area contributed by atoms with Crippen molar-refractivity contribution in [2.24, 2.45) is 0 Å². The van der Waals surface area contributed by atoms with Crippen molar-refractivity contribution in [3.8, 4) is 0 Å². The van der Waals surface area contributed by atoms with Crippen LogP contribution in [-0.4, -0.2) is 80.6 Å². The van der Waals surface area contributed by atoms with Crippen molar-refractivity contribution in [2.45, 2.75) is 199 Å². The van der Waals surface area contributed by atoms with Crippen LogP contribution in [0.1, 0.15) is 187 Å². The number of nitrogens with zero attached hydrogens (tertiary/aromatic N) is 1.